The highest BCUT2D eigenvalue weighted by Crippen LogP contribution is 2.07. The van der Waals surface area contributed by atoms with E-state index in [1.54, 1.807) is 0 Å². The van der Waals surface area contributed by atoms with Crippen LogP contribution in [0.15, 0.2) is 6.20 Å². The number of aliphatic hydroxyl groups excluding tert-OH is 1. The quantitative estimate of drug-likeness (QED) is 0.605. The van der Waals surface area contributed by atoms with E-state index >= 15 is 0 Å². The second-order valence-electron chi connectivity index (χ2n) is 1.89. The van der Waals surface area contributed by atoms with Gasteiger partial charge in [0.05, 0.1) is 12.8 Å². The number of amides is 2. The Morgan fingerprint density at radius 3 is 3.17 bits per heavy atom. The van der Waals surface area contributed by atoms with E-state index in [2.05, 4.69) is 20.2 Å². The van der Waals surface area contributed by atoms with Gasteiger partial charge in [-0.1, -0.05) is 4.49 Å². The summed E-state index contributed by atoms with van der Waals surface area (Å²) in [6.07, 6.45) is 1.45. The van der Waals surface area contributed by atoms with Crippen molar-refractivity contribution in [1.82, 2.24) is 14.9 Å². The fraction of sp³-hybridized carbons (Fsp3) is 0.400. The van der Waals surface area contributed by atoms with Crippen LogP contribution in [0, 0.1) is 0 Å². The maximum Gasteiger partial charge on any atom is 0.320 e. The van der Waals surface area contributed by atoms with Gasteiger partial charge in [0, 0.05) is 18.1 Å². The minimum absolute atomic E-state index is 0.0750. The fourth-order valence-corrected chi connectivity index (χ4v) is 0.963. The number of nitrogens with zero attached hydrogens (tertiary/aromatic N) is 2. The van der Waals surface area contributed by atoms with Crippen LogP contribution in [-0.2, 0) is 0 Å². The number of carbonyl (C=O) groups excluding carboxylic acids is 1. The molecule has 7 heteroatoms. The standard InChI is InChI=1S/C5H8N4O2S/c10-2-1-6-5(11)8-4-3-7-9-12-4/h3,10H,1-2H2,(H2,6,8,11). The Kier molecular flexibility index (Phi) is 3.42. The molecular formula is C5H8N4O2S. The molecule has 0 aromatic carbocycles. The van der Waals surface area contributed by atoms with Gasteiger partial charge < -0.3 is 10.4 Å². The molecule has 0 aliphatic carbocycles. The summed E-state index contributed by atoms with van der Waals surface area (Å²) in [5.41, 5.74) is 0. The Morgan fingerprint density at radius 1 is 1.75 bits per heavy atom. The van der Waals surface area contributed by atoms with Crippen molar-refractivity contribution in [2.75, 3.05) is 18.5 Å². The van der Waals surface area contributed by atoms with Gasteiger partial charge in [0.2, 0.25) is 0 Å². The average molecular weight is 188 g/mol. The molecule has 66 valence electrons. The van der Waals surface area contributed by atoms with Gasteiger partial charge in [-0.15, -0.1) is 5.10 Å². The van der Waals surface area contributed by atoms with Gasteiger partial charge in [-0.25, -0.2) is 4.79 Å². The Bertz CT molecular complexity index is 238. The van der Waals surface area contributed by atoms with Gasteiger partial charge in [0.1, 0.15) is 5.00 Å². The first-order valence-corrected chi connectivity index (χ1v) is 4.03. The first kappa shape index (κ1) is 8.88. The van der Waals surface area contributed by atoms with Crippen LogP contribution in [0.1, 0.15) is 0 Å². The maximum atomic E-state index is 10.9. The predicted octanol–water partition coefficient (Wildman–Crippen LogP) is -0.348. The van der Waals surface area contributed by atoms with Gasteiger partial charge in [-0.3, -0.25) is 5.32 Å². The van der Waals surface area contributed by atoms with E-state index in [4.69, 9.17) is 5.11 Å². The molecule has 0 saturated heterocycles. The van der Waals surface area contributed by atoms with E-state index in [1.165, 1.54) is 6.20 Å². The molecule has 1 heterocycles. The summed E-state index contributed by atoms with van der Waals surface area (Å²) in [4.78, 5) is 10.9. The van der Waals surface area contributed by atoms with E-state index in [0.717, 1.165) is 11.5 Å². The van der Waals surface area contributed by atoms with Crippen molar-refractivity contribution in [2.45, 2.75) is 0 Å². The van der Waals surface area contributed by atoms with Gasteiger partial charge in [0.25, 0.3) is 0 Å². The molecule has 1 rings (SSSR count). The zero-order valence-corrected chi connectivity index (χ0v) is 6.97. The molecule has 0 atom stereocenters. The molecule has 0 spiro atoms. The van der Waals surface area contributed by atoms with Crippen LogP contribution in [-0.4, -0.2) is 33.9 Å². The molecule has 3 N–H and O–H groups in total. The van der Waals surface area contributed by atoms with Crippen LogP contribution >= 0.6 is 11.5 Å². The van der Waals surface area contributed by atoms with Crippen LogP contribution in [0.4, 0.5) is 9.80 Å². The van der Waals surface area contributed by atoms with Crippen LogP contribution in [0.2, 0.25) is 0 Å². The molecule has 0 radical (unpaired) electrons. The molecule has 0 aliphatic heterocycles. The minimum atomic E-state index is -0.366. The smallest absolute Gasteiger partial charge is 0.320 e. The van der Waals surface area contributed by atoms with E-state index in [0.29, 0.717) is 5.00 Å². The number of hydrogen-bond donors (Lipinski definition) is 3. The third kappa shape index (κ3) is 2.81. The summed E-state index contributed by atoms with van der Waals surface area (Å²) in [7, 11) is 0. The van der Waals surface area contributed by atoms with Gasteiger partial charge in [-0.05, 0) is 0 Å². The topological polar surface area (TPSA) is 87.1 Å². The summed E-state index contributed by atoms with van der Waals surface area (Å²) in [6.45, 7) is 0.159. The van der Waals surface area contributed by atoms with Gasteiger partial charge >= 0.3 is 6.03 Å². The molecule has 0 unspecified atom stereocenters. The molecule has 0 fully saturated rings. The first-order valence-electron chi connectivity index (χ1n) is 3.26. The molecule has 6 nitrogen and oxygen atoms in total. The lowest BCUT2D eigenvalue weighted by molar-refractivity contribution is 0.245. The van der Waals surface area contributed by atoms with E-state index in [-0.39, 0.29) is 19.2 Å². The highest BCUT2D eigenvalue weighted by molar-refractivity contribution is 7.10. The Morgan fingerprint density at radius 2 is 2.58 bits per heavy atom. The van der Waals surface area contributed by atoms with Crippen molar-refractivity contribution in [3.8, 4) is 0 Å². The van der Waals surface area contributed by atoms with E-state index in [1.807, 2.05) is 0 Å². The lowest BCUT2D eigenvalue weighted by Crippen LogP contribution is -2.30. The fourth-order valence-electron chi connectivity index (χ4n) is 0.548. The lowest BCUT2D eigenvalue weighted by atomic mass is 10.7. The average Bonchev–Trinajstić information content (AvgIpc) is 2.53. The number of aliphatic hydroxyl groups is 1. The van der Waals surface area contributed by atoms with E-state index in [9.17, 15) is 4.79 Å². The number of urea groups is 1. The van der Waals surface area contributed by atoms with Crippen LogP contribution in [0.3, 0.4) is 0 Å². The zero-order valence-electron chi connectivity index (χ0n) is 6.15. The summed E-state index contributed by atoms with van der Waals surface area (Å²) in [5.74, 6) is 0. The van der Waals surface area contributed by atoms with Crippen molar-refractivity contribution in [3.05, 3.63) is 6.20 Å². The summed E-state index contributed by atoms with van der Waals surface area (Å²) in [6, 6.07) is -0.366. The summed E-state index contributed by atoms with van der Waals surface area (Å²) < 4.78 is 3.56. The van der Waals surface area contributed by atoms with Gasteiger partial charge in [-0.2, -0.15) is 0 Å². The predicted molar refractivity (Wildman–Crippen MR) is 44.0 cm³/mol. The Labute approximate surface area is 72.8 Å². The number of carbonyl (C=O) groups is 1. The van der Waals surface area contributed by atoms with Crippen LogP contribution in [0.5, 0.6) is 0 Å². The highest BCUT2D eigenvalue weighted by atomic mass is 32.1. The van der Waals surface area contributed by atoms with Crippen molar-refractivity contribution in [3.63, 3.8) is 0 Å². The van der Waals surface area contributed by atoms with Crippen molar-refractivity contribution in [1.29, 1.82) is 0 Å². The molecule has 12 heavy (non-hydrogen) atoms. The number of anilines is 1. The molecule has 1 aromatic rings. The summed E-state index contributed by atoms with van der Waals surface area (Å²) in [5, 5.41) is 17.4. The van der Waals surface area contributed by atoms with Gasteiger partial charge in [0.15, 0.2) is 0 Å². The van der Waals surface area contributed by atoms with E-state index < -0.39 is 0 Å². The number of aromatic nitrogens is 2. The number of hydrogen-bond acceptors (Lipinski definition) is 5. The molecular weight excluding hydrogens is 180 g/mol. The molecule has 1 aromatic heterocycles. The van der Waals surface area contributed by atoms with Crippen molar-refractivity contribution >= 4 is 22.6 Å². The third-order valence-electron chi connectivity index (χ3n) is 0.995. The second-order valence-corrected chi connectivity index (χ2v) is 2.67. The molecule has 0 aliphatic rings. The normalized spacial score (nSPS) is 9.42. The number of rotatable bonds is 3. The first-order chi connectivity index (χ1) is 5.83. The van der Waals surface area contributed by atoms with Crippen LogP contribution < -0.4 is 10.6 Å². The molecule has 0 saturated carbocycles. The SMILES string of the molecule is O=C(NCCO)Nc1cnns1. The summed E-state index contributed by atoms with van der Waals surface area (Å²) >= 11 is 1.09. The monoisotopic (exact) mass is 188 g/mol. The largest absolute Gasteiger partial charge is 0.395 e. The number of nitrogens with one attached hydrogen (secondary N) is 2. The zero-order chi connectivity index (χ0) is 8.81. The Hall–Kier alpha value is -1.21. The molecule has 0 bridgehead atoms. The third-order valence-corrected chi connectivity index (χ3v) is 1.58. The molecule has 2 amide bonds. The second kappa shape index (κ2) is 4.62. The maximum absolute atomic E-state index is 10.9. The lowest BCUT2D eigenvalue weighted by Gasteiger charge is -2.01. The highest BCUT2D eigenvalue weighted by Gasteiger charge is 2.00. The van der Waals surface area contributed by atoms with Crippen molar-refractivity contribution in [2.24, 2.45) is 0 Å². The Balaban J connectivity index is 2.27. The van der Waals surface area contributed by atoms with Crippen molar-refractivity contribution < 1.29 is 9.90 Å². The minimum Gasteiger partial charge on any atom is -0.395 e. The van der Waals surface area contributed by atoms with Crippen LogP contribution in [0.25, 0.3) is 0 Å².